The highest BCUT2D eigenvalue weighted by Crippen LogP contribution is 2.43. The van der Waals surface area contributed by atoms with Gasteiger partial charge in [-0.25, -0.2) is 9.37 Å². The van der Waals surface area contributed by atoms with Crippen LogP contribution in [0.2, 0.25) is 0 Å². The number of ether oxygens (including phenoxy) is 1. The van der Waals surface area contributed by atoms with E-state index >= 15 is 0 Å². The summed E-state index contributed by atoms with van der Waals surface area (Å²) in [4.78, 5) is 7.18. The van der Waals surface area contributed by atoms with Gasteiger partial charge in [0.25, 0.3) is 0 Å². The van der Waals surface area contributed by atoms with Crippen molar-refractivity contribution >= 4 is 10.9 Å². The minimum atomic E-state index is -0.663. The third kappa shape index (κ3) is 3.60. The number of pyridine rings is 1. The molecular formula is C26H29FN2O2. The minimum absolute atomic E-state index is 0.0758. The second-order valence-electron chi connectivity index (χ2n) is 8.92. The first kappa shape index (κ1) is 20.4. The van der Waals surface area contributed by atoms with E-state index in [0.717, 1.165) is 47.6 Å². The van der Waals surface area contributed by atoms with E-state index in [0.29, 0.717) is 17.2 Å². The number of benzene rings is 2. The maximum atomic E-state index is 14.6. The van der Waals surface area contributed by atoms with Gasteiger partial charge < -0.3 is 9.84 Å². The molecule has 5 heteroatoms. The molecule has 2 aromatic carbocycles. The molecule has 3 saturated heterocycles. The van der Waals surface area contributed by atoms with E-state index in [1.54, 1.807) is 19.2 Å². The van der Waals surface area contributed by atoms with Crippen LogP contribution in [0.3, 0.4) is 0 Å². The van der Waals surface area contributed by atoms with Gasteiger partial charge in [-0.15, -0.1) is 0 Å². The molecule has 0 aliphatic carbocycles. The van der Waals surface area contributed by atoms with Crippen LogP contribution in [-0.4, -0.2) is 41.2 Å². The summed E-state index contributed by atoms with van der Waals surface area (Å²) in [6, 6.07) is 14.3. The number of aromatic nitrogens is 1. The second-order valence-corrected chi connectivity index (χ2v) is 8.92. The summed E-state index contributed by atoms with van der Waals surface area (Å²) in [6.07, 6.45) is 2.75. The first-order valence-electron chi connectivity index (χ1n) is 11.2. The summed E-state index contributed by atoms with van der Waals surface area (Å²) < 4.78 is 20.0. The Kier molecular flexibility index (Phi) is 5.40. The van der Waals surface area contributed by atoms with Crippen LogP contribution in [0.4, 0.5) is 4.39 Å². The molecule has 0 saturated carbocycles. The van der Waals surface area contributed by atoms with Gasteiger partial charge in [-0.05, 0) is 73.2 Å². The molecule has 3 aliphatic rings. The number of rotatable bonds is 5. The zero-order valence-electron chi connectivity index (χ0n) is 18.1. The Labute approximate surface area is 182 Å². The average Bonchev–Trinajstić information content (AvgIpc) is 2.83. The summed E-state index contributed by atoms with van der Waals surface area (Å²) in [6.45, 7) is 4.35. The van der Waals surface area contributed by atoms with Crippen molar-refractivity contribution in [2.24, 2.45) is 11.8 Å². The first-order chi connectivity index (χ1) is 15.1. The number of halogens is 1. The molecule has 0 amide bonds. The predicted molar refractivity (Wildman–Crippen MR) is 121 cm³/mol. The molecule has 3 aromatic rings. The molecule has 3 aliphatic heterocycles. The first-order valence-corrected chi connectivity index (χ1v) is 11.2. The Balaban J connectivity index is 1.61. The lowest BCUT2D eigenvalue weighted by Gasteiger charge is -2.51. The van der Waals surface area contributed by atoms with Gasteiger partial charge in [0.15, 0.2) is 0 Å². The summed E-state index contributed by atoms with van der Waals surface area (Å²) in [5, 5.41) is 12.5. The molecule has 5 atom stereocenters. The Bertz CT molecular complexity index is 1100. The van der Waals surface area contributed by atoms with Crippen LogP contribution in [0, 0.1) is 17.7 Å². The molecule has 162 valence electrons. The molecule has 0 spiro atoms. The molecule has 1 unspecified atom stereocenters. The largest absolute Gasteiger partial charge is 0.497 e. The van der Waals surface area contributed by atoms with E-state index in [9.17, 15) is 9.50 Å². The minimum Gasteiger partial charge on any atom is -0.497 e. The van der Waals surface area contributed by atoms with E-state index < -0.39 is 6.10 Å². The van der Waals surface area contributed by atoms with Crippen LogP contribution < -0.4 is 4.74 Å². The fourth-order valence-corrected chi connectivity index (χ4v) is 5.59. The van der Waals surface area contributed by atoms with E-state index in [1.165, 1.54) is 18.9 Å². The molecule has 0 radical (unpaired) electrons. The zero-order valence-corrected chi connectivity index (χ0v) is 18.1. The molecule has 4 nitrogen and oxygen atoms in total. The lowest BCUT2D eigenvalue weighted by Crippen LogP contribution is -2.55. The Morgan fingerprint density at radius 1 is 1.23 bits per heavy atom. The number of hydrogen-bond acceptors (Lipinski definition) is 4. The van der Waals surface area contributed by atoms with Crippen LogP contribution in [0.5, 0.6) is 5.75 Å². The van der Waals surface area contributed by atoms with Crippen LogP contribution in [0.1, 0.15) is 37.9 Å². The third-order valence-electron chi connectivity index (χ3n) is 7.34. The highest BCUT2D eigenvalue weighted by atomic mass is 19.1. The van der Waals surface area contributed by atoms with Crippen molar-refractivity contribution in [2.45, 2.75) is 38.3 Å². The number of aliphatic hydroxyl groups is 1. The maximum absolute atomic E-state index is 14.6. The lowest BCUT2D eigenvalue weighted by atomic mass is 9.72. The van der Waals surface area contributed by atoms with Crippen molar-refractivity contribution in [1.29, 1.82) is 0 Å². The van der Waals surface area contributed by atoms with Crippen molar-refractivity contribution in [3.63, 3.8) is 0 Å². The van der Waals surface area contributed by atoms with Crippen molar-refractivity contribution in [3.8, 4) is 17.0 Å². The van der Waals surface area contributed by atoms with Gasteiger partial charge in [0.2, 0.25) is 0 Å². The van der Waals surface area contributed by atoms with Crippen LogP contribution in [0.15, 0.2) is 48.5 Å². The van der Waals surface area contributed by atoms with Crippen molar-refractivity contribution in [2.75, 3.05) is 20.2 Å². The summed E-state index contributed by atoms with van der Waals surface area (Å²) in [7, 11) is 1.63. The standard InChI is InChI=1S/C26H29FN2O2/c1-3-16-15-29-11-10-17(16)12-25(29)26(30)21-14-24(19-6-4-5-7-22(19)27)28-23-9-8-18(31-2)13-20(21)23/h4-9,13-14,16-17,25-26,30H,3,10-12,15H2,1-2H3/t16-,17-,25-,26+/m0/s1. The molecule has 3 fully saturated rings. The number of nitrogens with zero attached hydrogens (tertiary/aromatic N) is 2. The van der Waals surface area contributed by atoms with E-state index in [1.807, 2.05) is 30.3 Å². The van der Waals surface area contributed by atoms with Crippen LogP contribution in [-0.2, 0) is 0 Å². The Morgan fingerprint density at radius 2 is 2.06 bits per heavy atom. The maximum Gasteiger partial charge on any atom is 0.132 e. The van der Waals surface area contributed by atoms with E-state index in [2.05, 4.69) is 11.8 Å². The van der Waals surface area contributed by atoms with Crippen molar-refractivity contribution in [1.82, 2.24) is 9.88 Å². The second kappa shape index (κ2) is 8.21. The zero-order chi connectivity index (χ0) is 21.5. The molecule has 2 bridgehead atoms. The number of methoxy groups -OCH3 is 1. The molecule has 1 aromatic heterocycles. The van der Waals surface area contributed by atoms with Gasteiger partial charge in [0, 0.05) is 23.5 Å². The third-order valence-corrected chi connectivity index (χ3v) is 7.34. The van der Waals surface area contributed by atoms with Crippen LogP contribution >= 0.6 is 0 Å². The van der Waals surface area contributed by atoms with Crippen molar-refractivity contribution < 1.29 is 14.2 Å². The molecular weight excluding hydrogens is 391 g/mol. The number of piperidine rings is 3. The normalized spacial score (nSPS) is 26.2. The lowest BCUT2D eigenvalue weighted by molar-refractivity contribution is -0.0562. The number of hydrogen-bond donors (Lipinski definition) is 1. The highest BCUT2D eigenvalue weighted by Gasteiger charge is 2.42. The van der Waals surface area contributed by atoms with Gasteiger partial charge in [-0.2, -0.15) is 0 Å². The van der Waals surface area contributed by atoms with Crippen molar-refractivity contribution in [3.05, 3.63) is 59.9 Å². The van der Waals surface area contributed by atoms with Gasteiger partial charge in [0.05, 0.1) is 24.4 Å². The van der Waals surface area contributed by atoms with Gasteiger partial charge in [-0.3, -0.25) is 4.90 Å². The molecule has 1 N–H and O–H groups in total. The average molecular weight is 421 g/mol. The van der Waals surface area contributed by atoms with E-state index in [-0.39, 0.29) is 11.9 Å². The molecule has 31 heavy (non-hydrogen) atoms. The van der Waals surface area contributed by atoms with E-state index in [4.69, 9.17) is 9.72 Å². The summed E-state index contributed by atoms with van der Waals surface area (Å²) >= 11 is 0. The topological polar surface area (TPSA) is 45.6 Å². The summed E-state index contributed by atoms with van der Waals surface area (Å²) in [5.41, 5.74) is 2.53. The Morgan fingerprint density at radius 3 is 2.77 bits per heavy atom. The fraction of sp³-hybridized carbons (Fsp3) is 0.423. The summed E-state index contributed by atoms with van der Waals surface area (Å²) in [5.74, 6) is 1.80. The monoisotopic (exact) mass is 420 g/mol. The van der Waals surface area contributed by atoms with Gasteiger partial charge in [-0.1, -0.05) is 25.5 Å². The number of fused-ring (bicyclic) bond motifs is 4. The fourth-order valence-electron chi connectivity index (χ4n) is 5.59. The molecule has 4 heterocycles. The highest BCUT2D eigenvalue weighted by molar-refractivity contribution is 5.87. The quantitative estimate of drug-likeness (QED) is 0.616. The van der Waals surface area contributed by atoms with Crippen LogP contribution in [0.25, 0.3) is 22.2 Å². The predicted octanol–water partition coefficient (Wildman–Crippen LogP) is 5.20. The van der Waals surface area contributed by atoms with Gasteiger partial charge in [0.1, 0.15) is 11.6 Å². The molecule has 6 rings (SSSR count). The SMILES string of the molecule is CC[C@H]1CN2CC[C@H]1C[C@H]2[C@H](O)c1cc(-c2ccccc2F)nc2ccc(OC)cc12. The smallest absolute Gasteiger partial charge is 0.132 e. The number of aliphatic hydroxyl groups excluding tert-OH is 1. The Hall–Kier alpha value is -2.50. The van der Waals surface area contributed by atoms with Gasteiger partial charge >= 0.3 is 0 Å².